The van der Waals surface area contributed by atoms with E-state index in [4.69, 9.17) is 4.55 Å². The molecule has 0 bridgehead atoms. The van der Waals surface area contributed by atoms with Gasteiger partial charge in [-0.15, -0.1) is 0 Å². The molecule has 5 heteroatoms. The maximum atomic E-state index is 11.0. The lowest BCUT2D eigenvalue weighted by atomic mass is 9.95. The fourth-order valence-corrected chi connectivity index (χ4v) is 2.13. The van der Waals surface area contributed by atoms with Crippen molar-refractivity contribution in [2.75, 3.05) is 0 Å². The van der Waals surface area contributed by atoms with Gasteiger partial charge in [0.15, 0.2) is 0 Å². The largest absolute Gasteiger partial charge is 0.294 e. The van der Waals surface area contributed by atoms with Gasteiger partial charge in [-0.2, -0.15) is 8.42 Å². The first-order valence-electron chi connectivity index (χ1n) is 5.08. The molecule has 1 rings (SSSR count). The average molecular weight is 221 g/mol. The van der Waals surface area contributed by atoms with E-state index in [1.54, 1.807) is 0 Å². The van der Waals surface area contributed by atoms with Gasteiger partial charge in [-0.1, -0.05) is 19.3 Å². The molecule has 1 aliphatic rings. The molecule has 0 saturated heterocycles. The van der Waals surface area contributed by atoms with Crippen molar-refractivity contribution in [1.29, 1.82) is 0 Å². The minimum Gasteiger partial charge on any atom is -0.294 e. The first kappa shape index (κ1) is 11.9. The van der Waals surface area contributed by atoms with Crippen molar-refractivity contribution in [3.8, 4) is 0 Å². The van der Waals surface area contributed by atoms with Crippen LogP contribution in [0.2, 0.25) is 0 Å². The van der Waals surface area contributed by atoms with E-state index in [0.717, 1.165) is 25.7 Å². The summed E-state index contributed by atoms with van der Waals surface area (Å²) in [6, 6.07) is 0.223. The topological polar surface area (TPSA) is 66.4 Å². The zero-order valence-corrected chi connectivity index (χ0v) is 9.60. The lowest BCUT2D eigenvalue weighted by molar-refractivity contribution is 0.314. The molecule has 0 unspecified atom stereocenters. The average Bonchev–Trinajstić information content (AvgIpc) is 2.03. The van der Waals surface area contributed by atoms with E-state index in [0.29, 0.717) is 0 Å². The molecular formula is C9H19NO3S. The minimum absolute atomic E-state index is 0.223. The lowest BCUT2D eigenvalue weighted by Crippen LogP contribution is -2.51. The van der Waals surface area contributed by atoms with Gasteiger partial charge in [0.1, 0.15) is 4.87 Å². The van der Waals surface area contributed by atoms with Crippen LogP contribution in [-0.2, 0) is 10.1 Å². The Balaban J connectivity index is 2.58. The molecule has 1 saturated carbocycles. The highest BCUT2D eigenvalue weighted by Crippen LogP contribution is 2.21. The molecule has 4 nitrogen and oxygen atoms in total. The second-order valence-electron chi connectivity index (χ2n) is 4.46. The highest BCUT2D eigenvalue weighted by Gasteiger charge is 2.34. The van der Waals surface area contributed by atoms with Gasteiger partial charge in [0.2, 0.25) is 0 Å². The normalized spacial score (nSPS) is 21.1. The third-order valence-corrected chi connectivity index (χ3v) is 4.21. The third kappa shape index (κ3) is 2.93. The van der Waals surface area contributed by atoms with Crippen molar-refractivity contribution >= 4 is 10.1 Å². The van der Waals surface area contributed by atoms with Crippen LogP contribution in [0.4, 0.5) is 0 Å². The SMILES string of the molecule is CC(C)(NC1CCCCC1)S(=O)(=O)O. The number of hydrogen-bond acceptors (Lipinski definition) is 3. The Bertz CT molecular complexity index is 278. The van der Waals surface area contributed by atoms with E-state index in [9.17, 15) is 8.42 Å². The lowest BCUT2D eigenvalue weighted by Gasteiger charge is -2.31. The summed E-state index contributed by atoms with van der Waals surface area (Å²) >= 11 is 0. The molecule has 0 atom stereocenters. The van der Waals surface area contributed by atoms with Crippen molar-refractivity contribution < 1.29 is 13.0 Å². The molecule has 0 aliphatic heterocycles. The van der Waals surface area contributed by atoms with Gasteiger partial charge < -0.3 is 0 Å². The number of rotatable bonds is 3. The van der Waals surface area contributed by atoms with Crippen LogP contribution in [0.25, 0.3) is 0 Å². The van der Waals surface area contributed by atoms with Crippen molar-refractivity contribution in [2.45, 2.75) is 56.9 Å². The standard InChI is InChI=1S/C9H19NO3S/c1-9(2,14(11,12)13)10-8-6-4-3-5-7-8/h8,10H,3-7H2,1-2H3,(H,11,12,13). The molecular weight excluding hydrogens is 202 g/mol. The third-order valence-electron chi connectivity index (χ3n) is 2.80. The molecule has 1 aliphatic carbocycles. The fourth-order valence-electron chi connectivity index (χ4n) is 1.81. The predicted octanol–water partition coefficient (Wildman–Crippen LogP) is 1.53. The Morgan fingerprint density at radius 3 is 2.14 bits per heavy atom. The summed E-state index contributed by atoms with van der Waals surface area (Å²) in [5.41, 5.74) is 0. The molecule has 0 amide bonds. The molecule has 84 valence electrons. The van der Waals surface area contributed by atoms with Gasteiger partial charge in [0.05, 0.1) is 0 Å². The minimum atomic E-state index is -4.01. The summed E-state index contributed by atoms with van der Waals surface area (Å²) in [6.07, 6.45) is 5.50. The van der Waals surface area contributed by atoms with Crippen LogP contribution in [0.5, 0.6) is 0 Å². The monoisotopic (exact) mass is 221 g/mol. The number of hydrogen-bond donors (Lipinski definition) is 2. The summed E-state index contributed by atoms with van der Waals surface area (Å²) in [5.74, 6) is 0. The molecule has 0 aromatic carbocycles. The van der Waals surface area contributed by atoms with Crippen molar-refractivity contribution in [1.82, 2.24) is 5.32 Å². The van der Waals surface area contributed by atoms with Gasteiger partial charge >= 0.3 is 0 Å². The fraction of sp³-hybridized carbons (Fsp3) is 1.00. The maximum absolute atomic E-state index is 11.0. The first-order chi connectivity index (χ1) is 6.33. The molecule has 0 radical (unpaired) electrons. The van der Waals surface area contributed by atoms with Crippen LogP contribution in [0, 0.1) is 0 Å². The Hall–Kier alpha value is -0.130. The Morgan fingerprint density at radius 1 is 1.21 bits per heavy atom. The molecule has 1 fully saturated rings. The van der Waals surface area contributed by atoms with E-state index in [1.165, 1.54) is 20.3 Å². The molecule has 0 heterocycles. The summed E-state index contributed by atoms with van der Waals surface area (Å²) in [4.78, 5) is -1.23. The van der Waals surface area contributed by atoms with Crippen LogP contribution < -0.4 is 5.32 Å². The van der Waals surface area contributed by atoms with Gasteiger partial charge in [0.25, 0.3) is 10.1 Å². The maximum Gasteiger partial charge on any atom is 0.283 e. The van der Waals surface area contributed by atoms with Crippen LogP contribution in [0.1, 0.15) is 46.0 Å². The second kappa shape index (κ2) is 4.16. The van der Waals surface area contributed by atoms with Gasteiger partial charge in [0, 0.05) is 6.04 Å². The summed E-state index contributed by atoms with van der Waals surface area (Å²) < 4.78 is 31.0. The van der Waals surface area contributed by atoms with Crippen molar-refractivity contribution in [2.24, 2.45) is 0 Å². The van der Waals surface area contributed by atoms with E-state index in [1.807, 2.05) is 0 Å². The Labute approximate surface area is 85.8 Å². The second-order valence-corrected chi connectivity index (χ2v) is 6.44. The van der Waals surface area contributed by atoms with E-state index in [2.05, 4.69) is 5.32 Å². The molecule has 14 heavy (non-hydrogen) atoms. The molecule has 0 aromatic rings. The summed E-state index contributed by atoms with van der Waals surface area (Å²) in [6.45, 7) is 2.99. The van der Waals surface area contributed by atoms with Gasteiger partial charge in [-0.05, 0) is 26.7 Å². The highest BCUT2D eigenvalue weighted by atomic mass is 32.2. The highest BCUT2D eigenvalue weighted by molar-refractivity contribution is 7.87. The quantitative estimate of drug-likeness (QED) is 0.709. The van der Waals surface area contributed by atoms with Crippen LogP contribution in [0.3, 0.4) is 0 Å². The van der Waals surface area contributed by atoms with E-state index < -0.39 is 15.0 Å². The molecule has 0 spiro atoms. The number of nitrogens with one attached hydrogen (secondary N) is 1. The molecule has 2 N–H and O–H groups in total. The van der Waals surface area contributed by atoms with Crippen molar-refractivity contribution in [3.05, 3.63) is 0 Å². The van der Waals surface area contributed by atoms with Gasteiger partial charge in [-0.25, -0.2) is 0 Å². The first-order valence-corrected chi connectivity index (χ1v) is 6.52. The van der Waals surface area contributed by atoms with Crippen LogP contribution >= 0.6 is 0 Å². The summed E-state index contributed by atoms with van der Waals surface area (Å²) in [5, 5.41) is 3.00. The van der Waals surface area contributed by atoms with Gasteiger partial charge in [-0.3, -0.25) is 9.87 Å². The smallest absolute Gasteiger partial charge is 0.283 e. The van der Waals surface area contributed by atoms with E-state index in [-0.39, 0.29) is 6.04 Å². The van der Waals surface area contributed by atoms with Crippen molar-refractivity contribution in [3.63, 3.8) is 0 Å². The zero-order chi connectivity index (χ0) is 10.8. The Kier molecular flexibility index (Phi) is 3.55. The summed E-state index contributed by atoms with van der Waals surface area (Å²) in [7, 11) is -4.01. The predicted molar refractivity (Wildman–Crippen MR) is 55.6 cm³/mol. The zero-order valence-electron chi connectivity index (χ0n) is 8.78. The van der Waals surface area contributed by atoms with E-state index >= 15 is 0 Å². The van der Waals surface area contributed by atoms with Crippen LogP contribution in [-0.4, -0.2) is 23.9 Å². The molecule has 0 aromatic heterocycles. The van der Waals surface area contributed by atoms with Crippen LogP contribution in [0.15, 0.2) is 0 Å². The Morgan fingerprint density at radius 2 is 1.71 bits per heavy atom.